The van der Waals surface area contributed by atoms with Crippen LogP contribution in [-0.4, -0.2) is 40.6 Å². The predicted octanol–water partition coefficient (Wildman–Crippen LogP) is 0.879. The van der Waals surface area contributed by atoms with Gasteiger partial charge in [-0.25, -0.2) is 8.42 Å². The number of hydrogen-bond acceptors (Lipinski definition) is 4. The third-order valence-electron chi connectivity index (χ3n) is 2.46. The molecule has 2 N–H and O–H groups in total. The van der Waals surface area contributed by atoms with Crippen LogP contribution in [0.1, 0.15) is 6.92 Å². The zero-order valence-corrected chi connectivity index (χ0v) is 13.6. The van der Waals surface area contributed by atoms with E-state index in [4.69, 9.17) is 4.74 Å². The average molecular weight is 365 g/mol. The van der Waals surface area contributed by atoms with Crippen LogP contribution in [0.25, 0.3) is 0 Å². The number of sulfonamides is 1. The first-order valence-corrected chi connectivity index (χ1v) is 8.19. The van der Waals surface area contributed by atoms with Crippen molar-refractivity contribution in [3.05, 3.63) is 28.7 Å². The molecule has 112 valence electrons. The van der Waals surface area contributed by atoms with Crippen molar-refractivity contribution in [1.29, 1.82) is 0 Å². The molecule has 1 aromatic rings. The zero-order valence-electron chi connectivity index (χ0n) is 11.2. The van der Waals surface area contributed by atoms with E-state index >= 15 is 0 Å². The molecular weight excluding hydrogens is 348 g/mol. The maximum absolute atomic E-state index is 12.2. The number of benzene rings is 1. The Labute approximate surface area is 127 Å². The first kappa shape index (κ1) is 17.1. The molecule has 0 aliphatic rings. The lowest BCUT2D eigenvalue weighted by Crippen LogP contribution is -2.45. The van der Waals surface area contributed by atoms with Gasteiger partial charge in [0.15, 0.2) is 0 Å². The van der Waals surface area contributed by atoms with E-state index < -0.39 is 22.0 Å². The zero-order chi connectivity index (χ0) is 15.2. The lowest BCUT2D eigenvalue weighted by atomic mass is 10.3. The van der Waals surface area contributed by atoms with Crippen LogP contribution in [0.2, 0.25) is 0 Å². The summed E-state index contributed by atoms with van der Waals surface area (Å²) in [5, 5.41) is 2.57. The fourth-order valence-corrected chi connectivity index (χ4v) is 3.65. The summed E-state index contributed by atoms with van der Waals surface area (Å²) in [5.41, 5.74) is 0. The summed E-state index contributed by atoms with van der Waals surface area (Å²) >= 11 is 3.17. The van der Waals surface area contributed by atoms with Crippen LogP contribution in [0.5, 0.6) is 0 Å². The molecule has 0 aromatic heterocycles. The minimum atomic E-state index is -3.75. The highest BCUT2D eigenvalue weighted by Crippen LogP contribution is 2.21. The molecule has 6 nitrogen and oxygen atoms in total. The highest BCUT2D eigenvalue weighted by Gasteiger charge is 2.23. The Kier molecular flexibility index (Phi) is 6.60. The lowest BCUT2D eigenvalue weighted by Gasteiger charge is -2.15. The van der Waals surface area contributed by atoms with Crippen LogP contribution in [-0.2, 0) is 19.6 Å². The van der Waals surface area contributed by atoms with Crippen LogP contribution in [0.4, 0.5) is 0 Å². The number of ether oxygens (including phenoxy) is 1. The summed E-state index contributed by atoms with van der Waals surface area (Å²) in [7, 11) is -2.24. The fraction of sp³-hybridized carbons (Fsp3) is 0.417. The van der Waals surface area contributed by atoms with Gasteiger partial charge in [0.2, 0.25) is 15.9 Å². The first-order chi connectivity index (χ1) is 9.38. The van der Waals surface area contributed by atoms with Crippen LogP contribution in [0.3, 0.4) is 0 Å². The molecule has 0 saturated heterocycles. The lowest BCUT2D eigenvalue weighted by molar-refractivity contribution is -0.122. The number of methoxy groups -OCH3 is 1. The van der Waals surface area contributed by atoms with E-state index in [2.05, 4.69) is 26.0 Å². The molecule has 0 aliphatic carbocycles. The number of amides is 1. The van der Waals surface area contributed by atoms with E-state index in [1.807, 2.05) is 0 Å². The Morgan fingerprint density at radius 3 is 2.65 bits per heavy atom. The van der Waals surface area contributed by atoms with Gasteiger partial charge in [-0.2, -0.15) is 4.72 Å². The van der Waals surface area contributed by atoms with E-state index in [0.29, 0.717) is 17.6 Å². The van der Waals surface area contributed by atoms with E-state index in [-0.39, 0.29) is 4.90 Å². The first-order valence-electron chi connectivity index (χ1n) is 5.92. The topological polar surface area (TPSA) is 84.5 Å². The van der Waals surface area contributed by atoms with Gasteiger partial charge in [0.05, 0.1) is 17.5 Å². The molecule has 1 atom stereocenters. The molecule has 8 heteroatoms. The predicted molar refractivity (Wildman–Crippen MR) is 78.8 cm³/mol. The Morgan fingerprint density at radius 1 is 1.40 bits per heavy atom. The Bertz CT molecular complexity index is 562. The molecule has 1 amide bonds. The van der Waals surface area contributed by atoms with Gasteiger partial charge in [0.1, 0.15) is 0 Å². The van der Waals surface area contributed by atoms with Crippen molar-refractivity contribution in [2.75, 3.05) is 20.3 Å². The number of nitrogens with one attached hydrogen (secondary N) is 2. The molecule has 1 aromatic carbocycles. The molecule has 0 fully saturated rings. The summed E-state index contributed by atoms with van der Waals surface area (Å²) in [6.07, 6.45) is 0. The summed E-state index contributed by atoms with van der Waals surface area (Å²) < 4.78 is 31.9. The van der Waals surface area contributed by atoms with Crippen molar-refractivity contribution < 1.29 is 17.9 Å². The van der Waals surface area contributed by atoms with Gasteiger partial charge in [-0.15, -0.1) is 0 Å². The number of carbonyl (C=O) groups excluding carboxylic acids is 1. The van der Waals surface area contributed by atoms with E-state index in [1.54, 1.807) is 18.2 Å². The molecule has 0 spiro atoms. The van der Waals surface area contributed by atoms with Crippen molar-refractivity contribution >= 4 is 31.9 Å². The summed E-state index contributed by atoms with van der Waals surface area (Å²) in [6, 6.07) is 5.54. The largest absolute Gasteiger partial charge is 0.383 e. The third kappa shape index (κ3) is 4.86. The summed E-state index contributed by atoms with van der Waals surface area (Å²) in [5.74, 6) is -0.405. The second kappa shape index (κ2) is 7.72. The molecule has 0 heterocycles. The molecular formula is C12H17BrN2O4S. The van der Waals surface area contributed by atoms with Crippen LogP contribution >= 0.6 is 15.9 Å². The van der Waals surface area contributed by atoms with Gasteiger partial charge < -0.3 is 10.1 Å². The van der Waals surface area contributed by atoms with Crippen molar-refractivity contribution in [3.8, 4) is 0 Å². The second-order valence-electron chi connectivity index (χ2n) is 4.06. The SMILES string of the molecule is COCCNC(=O)C(C)NS(=O)(=O)c1ccccc1Br. The average Bonchev–Trinajstić information content (AvgIpc) is 2.38. The number of halogens is 1. The van der Waals surface area contributed by atoms with Gasteiger partial charge in [-0.3, -0.25) is 4.79 Å². The molecule has 1 unspecified atom stereocenters. The van der Waals surface area contributed by atoms with Gasteiger partial charge in [0, 0.05) is 18.1 Å². The normalized spacial score (nSPS) is 12.9. The minimum absolute atomic E-state index is 0.0940. The van der Waals surface area contributed by atoms with E-state index in [1.165, 1.54) is 20.1 Å². The Morgan fingerprint density at radius 2 is 2.05 bits per heavy atom. The Hall–Kier alpha value is -0.960. The number of rotatable bonds is 7. The quantitative estimate of drug-likeness (QED) is 0.703. The summed E-state index contributed by atoms with van der Waals surface area (Å²) in [4.78, 5) is 11.8. The van der Waals surface area contributed by atoms with Crippen LogP contribution in [0.15, 0.2) is 33.6 Å². The van der Waals surface area contributed by atoms with Gasteiger partial charge >= 0.3 is 0 Å². The van der Waals surface area contributed by atoms with E-state index in [9.17, 15) is 13.2 Å². The molecule has 20 heavy (non-hydrogen) atoms. The molecule has 1 rings (SSSR count). The number of hydrogen-bond donors (Lipinski definition) is 2. The molecule has 0 radical (unpaired) electrons. The maximum Gasteiger partial charge on any atom is 0.242 e. The van der Waals surface area contributed by atoms with Crippen molar-refractivity contribution in [1.82, 2.24) is 10.0 Å². The summed E-state index contributed by atoms with van der Waals surface area (Å²) in [6.45, 7) is 2.18. The standard InChI is InChI=1S/C12H17BrN2O4S/c1-9(12(16)14-7-8-19-2)15-20(17,18)11-6-4-3-5-10(11)13/h3-6,9,15H,7-8H2,1-2H3,(H,14,16). The second-order valence-corrected chi connectivity index (χ2v) is 6.59. The van der Waals surface area contributed by atoms with Crippen molar-refractivity contribution in [3.63, 3.8) is 0 Å². The maximum atomic E-state index is 12.2. The fourth-order valence-electron chi connectivity index (χ4n) is 1.44. The highest BCUT2D eigenvalue weighted by molar-refractivity contribution is 9.10. The van der Waals surface area contributed by atoms with Crippen molar-refractivity contribution in [2.45, 2.75) is 17.9 Å². The number of carbonyl (C=O) groups is 1. The van der Waals surface area contributed by atoms with Crippen molar-refractivity contribution in [2.24, 2.45) is 0 Å². The third-order valence-corrected chi connectivity index (χ3v) is 5.01. The highest BCUT2D eigenvalue weighted by atomic mass is 79.9. The Balaban J connectivity index is 2.72. The van der Waals surface area contributed by atoms with Gasteiger partial charge in [-0.05, 0) is 35.0 Å². The van der Waals surface area contributed by atoms with Crippen LogP contribution in [0, 0.1) is 0 Å². The molecule has 0 bridgehead atoms. The monoisotopic (exact) mass is 364 g/mol. The van der Waals surface area contributed by atoms with E-state index in [0.717, 1.165) is 0 Å². The van der Waals surface area contributed by atoms with Gasteiger partial charge in [0.25, 0.3) is 0 Å². The van der Waals surface area contributed by atoms with Gasteiger partial charge in [-0.1, -0.05) is 12.1 Å². The smallest absolute Gasteiger partial charge is 0.242 e. The minimum Gasteiger partial charge on any atom is -0.383 e. The molecule has 0 aliphatic heterocycles. The van der Waals surface area contributed by atoms with Crippen LogP contribution < -0.4 is 10.0 Å². The molecule has 0 saturated carbocycles.